The summed E-state index contributed by atoms with van der Waals surface area (Å²) in [6.07, 6.45) is 4.20. The molecule has 1 aliphatic heterocycles. The molecular weight excluding hydrogens is 697 g/mol. The van der Waals surface area contributed by atoms with Gasteiger partial charge in [0.2, 0.25) is 11.8 Å². The zero-order valence-corrected chi connectivity index (χ0v) is 30.1. The molecule has 13 nitrogen and oxygen atoms in total. The zero-order chi connectivity index (χ0) is 36.6. The second-order valence-electron chi connectivity index (χ2n) is 13.1. The predicted molar refractivity (Wildman–Crippen MR) is 192 cm³/mol. The molecule has 1 fully saturated rings. The summed E-state index contributed by atoms with van der Waals surface area (Å²) in [5.74, 6) is 0.220. The number of halogens is 2. The molecule has 6 rings (SSSR count). The number of aldehydes is 1. The van der Waals surface area contributed by atoms with Crippen molar-refractivity contribution in [2.75, 3.05) is 13.7 Å². The van der Waals surface area contributed by atoms with Gasteiger partial charge < -0.3 is 19.7 Å². The van der Waals surface area contributed by atoms with Gasteiger partial charge in [0.25, 0.3) is 5.56 Å². The number of nitrogens with one attached hydrogen (secondary N) is 1. The molecule has 1 N–H and O–H groups in total. The van der Waals surface area contributed by atoms with Crippen molar-refractivity contribution in [3.05, 3.63) is 86.6 Å². The first-order valence-corrected chi connectivity index (χ1v) is 16.8. The highest BCUT2D eigenvalue weighted by Crippen LogP contribution is 2.42. The Balaban J connectivity index is 1.33. The van der Waals surface area contributed by atoms with E-state index in [0.29, 0.717) is 74.3 Å². The fourth-order valence-corrected chi connectivity index (χ4v) is 6.55. The molecule has 0 spiro atoms. The molecule has 51 heavy (non-hydrogen) atoms. The molecule has 0 unspecified atom stereocenters. The summed E-state index contributed by atoms with van der Waals surface area (Å²) in [6, 6.07) is 12.3. The molecular formula is C36H35Cl2N7O6. The van der Waals surface area contributed by atoms with E-state index < -0.39 is 17.3 Å². The van der Waals surface area contributed by atoms with E-state index in [0.717, 1.165) is 0 Å². The number of ether oxygens (including phenoxy) is 2. The third-order valence-corrected chi connectivity index (χ3v) is 9.17. The molecule has 5 heterocycles. The van der Waals surface area contributed by atoms with Crippen molar-refractivity contribution in [1.82, 2.24) is 34.4 Å². The molecule has 1 aromatic carbocycles. The maximum Gasteiger partial charge on any atom is 0.410 e. The van der Waals surface area contributed by atoms with Crippen LogP contribution < -0.4 is 15.6 Å². The first-order valence-electron chi connectivity index (χ1n) is 16.1. The number of carbonyl (C=O) groups excluding carboxylic acids is 3. The number of methoxy groups -OCH3 is 1. The van der Waals surface area contributed by atoms with E-state index in [1.54, 1.807) is 56.3 Å². The van der Waals surface area contributed by atoms with E-state index in [9.17, 15) is 19.2 Å². The predicted octanol–water partition coefficient (Wildman–Crippen LogP) is 5.97. The monoisotopic (exact) mass is 731 g/mol. The average molecular weight is 733 g/mol. The lowest BCUT2D eigenvalue weighted by atomic mass is 10.00. The lowest BCUT2D eigenvalue weighted by molar-refractivity contribution is -0.119. The molecule has 5 aromatic rings. The normalized spacial score (nSPS) is 14.4. The quantitative estimate of drug-likeness (QED) is 0.181. The van der Waals surface area contributed by atoms with Crippen LogP contribution in [0, 0.1) is 0 Å². The van der Waals surface area contributed by atoms with E-state index in [1.165, 1.54) is 23.2 Å². The standard InChI is InChI=1S/C36H35Cl2N7O6/c1-36(2,3)51-35(49)44(18-22-10-12-29(47)40-22)16-20-9-11-26(41-33(20)50-5)25-8-6-7-23(30(25)37)24-13-14-39-32(31(24)38)21-15-27-34(48)43(4)28(19-46)42-45(27)17-21/h6-9,11,13-15,17,19,22H,10,12,16,18H2,1-5H3,(H,40,47)/t22-/m0/s1. The van der Waals surface area contributed by atoms with Crippen molar-refractivity contribution in [2.24, 2.45) is 7.05 Å². The lowest BCUT2D eigenvalue weighted by Crippen LogP contribution is -2.43. The van der Waals surface area contributed by atoms with Crippen LogP contribution in [0.3, 0.4) is 0 Å². The number of hydrogen-bond donors (Lipinski definition) is 1. The van der Waals surface area contributed by atoms with Crippen LogP contribution in [0.1, 0.15) is 49.8 Å². The number of nitrogens with zero attached hydrogens (tertiary/aromatic N) is 6. The lowest BCUT2D eigenvalue weighted by Gasteiger charge is -2.29. The van der Waals surface area contributed by atoms with Gasteiger partial charge in [-0.05, 0) is 51.5 Å². The molecule has 2 amide bonds. The van der Waals surface area contributed by atoms with E-state index in [-0.39, 0.29) is 36.4 Å². The van der Waals surface area contributed by atoms with Crippen LogP contribution in [0.25, 0.3) is 39.2 Å². The Morgan fingerprint density at radius 1 is 1.10 bits per heavy atom. The number of rotatable bonds is 9. The maximum atomic E-state index is 13.2. The fraction of sp³-hybridized carbons (Fsp3) is 0.306. The summed E-state index contributed by atoms with van der Waals surface area (Å²) in [4.78, 5) is 60.2. The largest absolute Gasteiger partial charge is 0.481 e. The van der Waals surface area contributed by atoms with Gasteiger partial charge in [0.1, 0.15) is 11.1 Å². The van der Waals surface area contributed by atoms with Crippen LogP contribution in [0.2, 0.25) is 10.0 Å². The molecule has 0 saturated carbocycles. The van der Waals surface area contributed by atoms with Gasteiger partial charge in [-0.25, -0.2) is 14.3 Å². The number of aromatic nitrogens is 5. The molecule has 0 bridgehead atoms. The van der Waals surface area contributed by atoms with Gasteiger partial charge in [-0.15, -0.1) is 5.10 Å². The van der Waals surface area contributed by atoms with Gasteiger partial charge in [0.05, 0.1) is 35.1 Å². The molecule has 4 aromatic heterocycles. The Morgan fingerprint density at radius 3 is 2.53 bits per heavy atom. The number of hydrogen-bond acceptors (Lipinski definition) is 9. The Morgan fingerprint density at radius 2 is 1.84 bits per heavy atom. The molecule has 264 valence electrons. The number of fused-ring (bicyclic) bond motifs is 1. The van der Waals surface area contributed by atoms with Crippen LogP contribution >= 0.6 is 23.2 Å². The van der Waals surface area contributed by atoms with Gasteiger partial charge >= 0.3 is 6.09 Å². The summed E-state index contributed by atoms with van der Waals surface area (Å²) in [7, 11) is 2.97. The second kappa shape index (κ2) is 14.2. The minimum Gasteiger partial charge on any atom is -0.481 e. The van der Waals surface area contributed by atoms with Crippen molar-refractivity contribution >= 4 is 47.0 Å². The number of pyridine rings is 2. The van der Waals surface area contributed by atoms with Gasteiger partial charge in [-0.1, -0.05) is 41.4 Å². The SMILES string of the molecule is COc1nc(-c2cccc(-c3ccnc(-c4cc5c(=O)n(C)c(C=O)nn5c4)c3Cl)c2Cl)ccc1CN(C[C@@H]1CCC(=O)N1)C(=O)OC(C)(C)C. The Hall–Kier alpha value is -5.27. The molecule has 0 aliphatic carbocycles. The molecule has 0 radical (unpaired) electrons. The first kappa shape index (κ1) is 35.6. The molecule has 15 heteroatoms. The van der Waals surface area contributed by atoms with Crippen molar-refractivity contribution in [2.45, 2.75) is 51.8 Å². The van der Waals surface area contributed by atoms with Crippen LogP contribution in [-0.2, 0) is 23.1 Å². The summed E-state index contributed by atoms with van der Waals surface area (Å²) >= 11 is 14.0. The minimum absolute atomic E-state index is 0.0243. The van der Waals surface area contributed by atoms with Crippen LogP contribution in [-0.4, -0.2) is 72.6 Å². The van der Waals surface area contributed by atoms with Crippen LogP contribution in [0.5, 0.6) is 5.88 Å². The number of amides is 2. The number of benzene rings is 1. The van der Waals surface area contributed by atoms with E-state index in [4.69, 9.17) is 37.7 Å². The van der Waals surface area contributed by atoms with Gasteiger partial charge in [-0.2, -0.15) is 0 Å². The van der Waals surface area contributed by atoms with E-state index >= 15 is 0 Å². The van der Waals surface area contributed by atoms with Gasteiger partial charge in [0.15, 0.2) is 12.1 Å². The fourth-order valence-electron chi connectivity index (χ4n) is 5.90. The first-order chi connectivity index (χ1) is 24.3. The second-order valence-corrected chi connectivity index (χ2v) is 13.9. The highest BCUT2D eigenvalue weighted by Gasteiger charge is 2.29. The highest BCUT2D eigenvalue weighted by atomic mass is 35.5. The highest BCUT2D eigenvalue weighted by molar-refractivity contribution is 6.39. The Bertz CT molecular complexity index is 2240. The van der Waals surface area contributed by atoms with Crippen molar-refractivity contribution in [1.29, 1.82) is 0 Å². The third kappa shape index (κ3) is 7.31. The summed E-state index contributed by atoms with van der Waals surface area (Å²) in [5, 5.41) is 7.79. The van der Waals surface area contributed by atoms with Crippen LogP contribution in [0.15, 0.2) is 59.7 Å². The van der Waals surface area contributed by atoms with Crippen molar-refractivity contribution in [3.63, 3.8) is 0 Å². The van der Waals surface area contributed by atoms with E-state index in [2.05, 4.69) is 15.4 Å². The zero-order valence-electron chi connectivity index (χ0n) is 28.6. The summed E-state index contributed by atoms with van der Waals surface area (Å²) in [5.41, 5.74) is 3.03. The average Bonchev–Trinajstić information content (AvgIpc) is 3.71. The third-order valence-electron chi connectivity index (χ3n) is 8.38. The minimum atomic E-state index is -0.714. The molecule has 1 saturated heterocycles. The Labute approximate surface area is 303 Å². The molecule has 1 aliphatic rings. The smallest absolute Gasteiger partial charge is 0.410 e. The molecule has 1 atom stereocenters. The van der Waals surface area contributed by atoms with Crippen molar-refractivity contribution in [3.8, 4) is 39.5 Å². The van der Waals surface area contributed by atoms with Gasteiger partial charge in [-0.3, -0.25) is 23.9 Å². The summed E-state index contributed by atoms with van der Waals surface area (Å²) in [6.45, 7) is 5.78. The Kier molecular flexibility index (Phi) is 9.87. The van der Waals surface area contributed by atoms with Gasteiger partial charge in [0, 0.05) is 66.3 Å². The van der Waals surface area contributed by atoms with Crippen LogP contribution in [0.4, 0.5) is 4.79 Å². The maximum absolute atomic E-state index is 13.2. The van der Waals surface area contributed by atoms with E-state index in [1.807, 2.05) is 24.3 Å². The number of carbonyl (C=O) groups is 3. The topological polar surface area (TPSA) is 150 Å². The summed E-state index contributed by atoms with van der Waals surface area (Å²) < 4.78 is 13.9. The van der Waals surface area contributed by atoms with Crippen molar-refractivity contribution < 1.29 is 23.9 Å².